The van der Waals surface area contributed by atoms with Crippen LogP contribution in [-0.2, 0) is 10.0 Å². The van der Waals surface area contributed by atoms with Gasteiger partial charge in [0.15, 0.2) is 0 Å². The van der Waals surface area contributed by atoms with Gasteiger partial charge in [-0.05, 0) is 68.1 Å². The second-order valence-corrected chi connectivity index (χ2v) is 10.9. The summed E-state index contributed by atoms with van der Waals surface area (Å²) in [6.45, 7) is 5.12. The highest BCUT2D eigenvalue weighted by Crippen LogP contribution is 2.40. The molecule has 7 nitrogen and oxygen atoms in total. The lowest BCUT2D eigenvalue weighted by Crippen LogP contribution is -2.50. The predicted molar refractivity (Wildman–Crippen MR) is 126 cm³/mol. The van der Waals surface area contributed by atoms with E-state index in [1.807, 2.05) is 56.3 Å². The molecule has 0 unspecified atom stereocenters. The van der Waals surface area contributed by atoms with Crippen molar-refractivity contribution in [2.75, 3.05) is 26.2 Å². The molecule has 1 aliphatic heterocycles. The summed E-state index contributed by atoms with van der Waals surface area (Å²) in [4.78, 5) is 15.5. The maximum absolute atomic E-state index is 13.5. The molecule has 1 aliphatic carbocycles. The highest BCUT2D eigenvalue weighted by Gasteiger charge is 2.33. The van der Waals surface area contributed by atoms with Crippen LogP contribution in [0.2, 0.25) is 0 Å². The smallest absolute Gasteiger partial charge is 0.272 e. The number of nitrogens with zero attached hydrogens (tertiary/aromatic N) is 4. The number of piperazine rings is 1. The van der Waals surface area contributed by atoms with Crippen LogP contribution in [0.1, 0.15) is 46.1 Å². The molecule has 2 heterocycles. The Morgan fingerprint density at radius 1 is 0.909 bits per heavy atom. The fraction of sp³-hybridized carbons (Fsp3) is 0.360. The van der Waals surface area contributed by atoms with Crippen molar-refractivity contribution in [3.05, 3.63) is 77.1 Å². The first kappa shape index (κ1) is 21.9. The zero-order valence-corrected chi connectivity index (χ0v) is 19.8. The number of rotatable bonds is 5. The first-order valence-corrected chi connectivity index (χ1v) is 12.8. The molecule has 33 heavy (non-hydrogen) atoms. The summed E-state index contributed by atoms with van der Waals surface area (Å²) in [6.07, 6.45) is 2.21. The predicted octanol–water partition coefficient (Wildman–Crippen LogP) is 3.51. The van der Waals surface area contributed by atoms with Gasteiger partial charge in [-0.15, -0.1) is 0 Å². The molecule has 2 fully saturated rings. The zero-order chi connectivity index (χ0) is 23.2. The van der Waals surface area contributed by atoms with Gasteiger partial charge in [0.25, 0.3) is 5.91 Å². The molecule has 5 rings (SSSR count). The van der Waals surface area contributed by atoms with E-state index in [9.17, 15) is 13.2 Å². The lowest BCUT2D eigenvalue weighted by Gasteiger charge is -2.34. The van der Waals surface area contributed by atoms with Crippen molar-refractivity contribution in [1.82, 2.24) is 19.0 Å². The molecule has 3 aromatic rings. The maximum Gasteiger partial charge on any atom is 0.272 e. The molecule has 1 aromatic heterocycles. The van der Waals surface area contributed by atoms with Crippen LogP contribution in [0, 0.1) is 13.8 Å². The van der Waals surface area contributed by atoms with Crippen molar-refractivity contribution in [2.24, 2.45) is 0 Å². The van der Waals surface area contributed by atoms with Gasteiger partial charge in [-0.25, -0.2) is 13.1 Å². The lowest BCUT2D eigenvalue weighted by atomic mass is 10.1. The Bertz CT molecular complexity index is 1290. The second kappa shape index (κ2) is 8.43. The van der Waals surface area contributed by atoms with E-state index >= 15 is 0 Å². The number of para-hydroxylation sites is 1. The van der Waals surface area contributed by atoms with E-state index in [4.69, 9.17) is 5.10 Å². The minimum absolute atomic E-state index is 0.110. The number of amides is 1. The summed E-state index contributed by atoms with van der Waals surface area (Å²) >= 11 is 0. The average Bonchev–Trinajstić information content (AvgIpc) is 3.59. The lowest BCUT2D eigenvalue weighted by molar-refractivity contribution is 0.0688. The number of carbonyl (C=O) groups excluding carboxylic acids is 1. The number of hydrogen-bond donors (Lipinski definition) is 0. The third-order valence-corrected chi connectivity index (χ3v) is 8.48. The van der Waals surface area contributed by atoms with E-state index in [0.717, 1.165) is 35.3 Å². The largest absolute Gasteiger partial charge is 0.335 e. The Morgan fingerprint density at radius 3 is 2.24 bits per heavy atom. The molecule has 0 spiro atoms. The highest BCUT2D eigenvalue weighted by atomic mass is 32.2. The summed E-state index contributed by atoms with van der Waals surface area (Å²) in [6, 6.07) is 16.8. The van der Waals surface area contributed by atoms with Gasteiger partial charge in [0.05, 0.1) is 16.3 Å². The molecule has 1 saturated heterocycles. The molecule has 1 saturated carbocycles. The van der Waals surface area contributed by atoms with Gasteiger partial charge in [-0.1, -0.05) is 24.3 Å². The number of hydrogen-bond acceptors (Lipinski definition) is 4. The number of benzene rings is 2. The summed E-state index contributed by atoms with van der Waals surface area (Å²) in [7, 11) is -3.59. The SMILES string of the molecule is Cc1ccc(S(=O)(=O)N2CCN(C(=O)c3cc(C4CC4)nn3-c3ccccc3)CC2)cc1C. The topological polar surface area (TPSA) is 75.5 Å². The molecule has 0 radical (unpaired) electrons. The Labute approximate surface area is 194 Å². The van der Waals surface area contributed by atoms with Gasteiger partial charge < -0.3 is 4.90 Å². The molecule has 0 N–H and O–H groups in total. The molecule has 0 bridgehead atoms. The Morgan fingerprint density at radius 2 is 1.61 bits per heavy atom. The van der Waals surface area contributed by atoms with Crippen LogP contribution in [0.5, 0.6) is 0 Å². The van der Waals surface area contributed by atoms with E-state index < -0.39 is 10.0 Å². The standard InChI is InChI=1S/C25H28N4O3S/c1-18-8-11-22(16-19(18)2)33(31,32)28-14-12-27(13-15-28)25(30)24-17-23(20-9-10-20)26-29(24)21-6-4-3-5-7-21/h3-8,11,16-17,20H,9-10,12-15H2,1-2H3. The number of aryl methyl sites for hydroxylation is 2. The van der Waals surface area contributed by atoms with Crippen LogP contribution in [0.15, 0.2) is 59.5 Å². The quantitative estimate of drug-likeness (QED) is 0.579. The van der Waals surface area contributed by atoms with Gasteiger partial charge in [0, 0.05) is 32.1 Å². The van der Waals surface area contributed by atoms with Crippen LogP contribution in [0.4, 0.5) is 0 Å². The second-order valence-electron chi connectivity index (χ2n) is 8.92. The Hall–Kier alpha value is -2.97. The molecular formula is C25H28N4O3S. The number of aromatic nitrogens is 2. The minimum atomic E-state index is -3.59. The van der Waals surface area contributed by atoms with Crippen LogP contribution < -0.4 is 0 Å². The fourth-order valence-corrected chi connectivity index (χ4v) is 5.72. The van der Waals surface area contributed by atoms with Crippen molar-refractivity contribution in [2.45, 2.75) is 37.5 Å². The molecule has 2 aromatic carbocycles. The normalized spacial score (nSPS) is 17.3. The van der Waals surface area contributed by atoms with Crippen LogP contribution in [-0.4, -0.2) is 59.5 Å². The van der Waals surface area contributed by atoms with Crippen molar-refractivity contribution >= 4 is 15.9 Å². The molecule has 172 valence electrons. The van der Waals surface area contributed by atoms with Crippen molar-refractivity contribution in [3.63, 3.8) is 0 Å². The third kappa shape index (κ3) is 4.20. The molecule has 8 heteroatoms. The van der Waals surface area contributed by atoms with Crippen molar-refractivity contribution in [3.8, 4) is 5.69 Å². The fourth-order valence-electron chi connectivity index (χ4n) is 4.21. The third-order valence-electron chi connectivity index (χ3n) is 6.59. The summed E-state index contributed by atoms with van der Waals surface area (Å²) < 4.78 is 29.5. The van der Waals surface area contributed by atoms with E-state index in [1.165, 1.54) is 4.31 Å². The van der Waals surface area contributed by atoms with E-state index in [2.05, 4.69) is 0 Å². The van der Waals surface area contributed by atoms with Gasteiger partial charge in [-0.2, -0.15) is 9.40 Å². The first-order chi connectivity index (χ1) is 15.8. The molecule has 2 aliphatic rings. The number of carbonyl (C=O) groups is 1. The van der Waals surface area contributed by atoms with E-state index in [0.29, 0.717) is 29.6 Å². The minimum Gasteiger partial charge on any atom is -0.335 e. The van der Waals surface area contributed by atoms with Gasteiger partial charge in [0.1, 0.15) is 5.69 Å². The van der Waals surface area contributed by atoms with Crippen LogP contribution in [0.25, 0.3) is 5.69 Å². The van der Waals surface area contributed by atoms with Crippen molar-refractivity contribution in [1.29, 1.82) is 0 Å². The van der Waals surface area contributed by atoms with E-state index in [1.54, 1.807) is 21.7 Å². The zero-order valence-electron chi connectivity index (χ0n) is 18.9. The first-order valence-electron chi connectivity index (χ1n) is 11.4. The monoisotopic (exact) mass is 464 g/mol. The molecule has 0 atom stereocenters. The molecular weight excluding hydrogens is 436 g/mol. The summed E-state index contributed by atoms with van der Waals surface area (Å²) in [5.74, 6) is 0.322. The average molecular weight is 465 g/mol. The highest BCUT2D eigenvalue weighted by molar-refractivity contribution is 7.89. The maximum atomic E-state index is 13.5. The van der Waals surface area contributed by atoms with Gasteiger partial charge in [-0.3, -0.25) is 4.79 Å². The van der Waals surface area contributed by atoms with Gasteiger partial charge in [0.2, 0.25) is 10.0 Å². The summed E-state index contributed by atoms with van der Waals surface area (Å²) in [5, 5.41) is 4.73. The number of sulfonamides is 1. The van der Waals surface area contributed by atoms with E-state index in [-0.39, 0.29) is 19.0 Å². The van der Waals surface area contributed by atoms with Crippen LogP contribution >= 0.6 is 0 Å². The van der Waals surface area contributed by atoms with Crippen molar-refractivity contribution < 1.29 is 13.2 Å². The Kier molecular flexibility index (Phi) is 5.58. The summed E-state index contributed by atoms with van der Waals surface area (Å²) in [5.41, 5.74) is 4.35. The Balaban J connectivity index is 1.34. The van der Waals surface area contributed by atoms with Crippen LogP contribution in [0.3, 0.4) is 0 Å². The molecule has 1 amide bonds. The van der Waals surface area contributed by atoms with Gasteiger partial charge >= 0.3 is 0 Å².